The van der Waals surface area contributed by atoms with Crippen LogP contribution >= 0.6 is 0 Å². The molecule has 0 bridgehead atoms. The largest absolute Gasteiger partial charge is 0.399 e. The summed E-state index contributed by atoms with van der Waals surface area (Å²) in [6.07, 6.45) is 0. The van der Waals surface area contributed by atoms with Gasteiger partial charge in [-0.2, -0.15) is 0 Å². The van der Waals surface area contributed by atoms with Crippen molar-refractivity contribution in [1.82, 2.24) is 0 Å². The third-order valence-corrected chi connectivity index (χ3v) is 3.64. The highest BCUT2D eigenvalue weighted by Crippen LogP contribution is 2.07. The lowest BCUT2D eigenvalue weighted by Crippen LogP contribution is -1.85. The van der Waals surface area contributed by atoms with Crippen LogP contribution in [-0.2, 0) is 0 Å². The second-order valence-electron chi connectivity index (χ2n) is 6.07. The van der Waals surface area contributed by atoms with Gasteiger partial charge in [-0.3, -0.25) is 30.9 Å². The van der Waals surface area contributed by atoms with Crippen LogP contribution in [-0.4, -0.2) is 15.1 Å². The molecular weight excluding hydrogens is 424 g/mol. The molecule has 0 saturated carbocycles. The minimum absolute atomic E-state index is 0.137. The zero-order chi connectivity index (χ0) is 24.3. The molecule has 0 aliphatic rings. The van der Waals surface area contributed by atoms with Crippen molar-refractivity contribution in [2.24, 2.45) is 0 Å². The number of nitrogens with one attached hydrogen (secondary N) is 1. The van der Waals surface area contributed by atoms with E-state index >= 15 is 0 Å². The van der Waals surface area contributed by atoms with Crippen molar-refractivity contribution < 1.29 is 15.1 Å². The van der Waals surface area contributed by atoms with Gasteiger partial charge in [0.15, 0.2) is 0 Å². The van der Waals surface area contributed by atoms with E-state index in [1.807, 2.05) is 54.0 Å². The van der Waals surface area contributed by atoms with Crippen molar-refractivity contribution >= 4 is 22.7 Å². The van der Waals surface area contributed by atoms with Crippen LogP contribution in [0, 0.1) is 20.2 Å². The summed E-state index contributed by atoms with van der Waals surface area (Å²) in [4.78, 5) is 19.2. The Balaban J connectivity index is 0.000000221. The van der Waals surface area contributed by atoms with E-state index in [1.54, 1.807) is 48.5 Å². The van der Waals surface area contributed by atoms with Crippen LogP contribution in [0.2, 0.25) is 0 Å². The van der Waals surface area contributed by atoms with Crippen molar-refractivity contribution in [2.45, 2.75) is 0 Å². The first-order valence-electron chi connectivity index (χ1n) is 9.58. The molecule has 0 unspecified atom stereocenters. The fraction of sp³-hybridized carbons (Fsp3) is 0. The lowest BCUT2D eigenvalue weighted by molar-refractivity contribution is -0.385. The smallest absolute Gasteiger partial charge is 0.269 e. The third-order valence-electron chi connectivity index (χ3n) is 3.64. The molecule has 4 N–H and O–H groups in total. The van der Waals surface area contributed by atoms with Crippen molar-refractivity contribution in [3.8, 4) is 0 Å². The Labute approximate surface area is 191 Å². The summed E-state index contributed by atoms with van der Waals surface area (Å²) >= 11 is 0. The van der Waals surface area contributed by atoms with E-state index in [0.29, 0.717) is 5.69 Å². The second-order valence-corrected chi connectivity index (χ2v) is 6.07. The normalized spacial score (nSPS) is 8.76. The van der Waals surface area contributed by atoms with E-state index in [9.17, 15) is 20.2 Å². The number of nitrogens with zero attached hydrogens (tertiary/aromatic N) is 2. The molecule has 0 saturated heterocycles. The standard InChI is InChI=1S/2C6H5NO2.C6H7NO.C6H7N/c2*8-7(9)6-4-2-1-3-5-6;8-7-6-4-2-1-3-5-6;7-6-4-2-1-3-5-6/h2*1-5H;1-5,7-8H;1-5H,7H2. The Hall–Kier alpha value is -4.76. The zero-order valence-electron chi connectivity index (χ0n) is 17.6. The molecule has 170 valence electrons. The van der Waals surface area contributed by atoms with Gasteiger partial charge in [-0.25, -0.2) is 0 Å². The number of para-hydroxylation sites is 4. The molecular formula is C24H24N4O5. The zero-order valence-corrected chi connectivity index (χ0v) is 17.6. The number of nitrogens with two attached hydrogens (primary N) is 1. The van der Waals surface area contributed by atoms with Crippen LogP contribution in [0.25, 0.3) is 0 Å². The van der Waals surface area contributed by atoms with Gasteiger partial charge < -0.3 is 5.73 Å². The molecule has 0 fully saturated rings. The van der Waals surface area contributed by atoms with E-state index in [0.717, 1.165) is 5.69 Å². The van der Waals surface area contributed by atoms with Gasteiger partial charge in [-0.1, -0.05) is 72.8 Å². The van der Waals surface area contributed by atoms with E-state index in [-0.39, 0.29) is 11.4 Å². The fourth-order valence-electron chi connectivity index (χ4n) is 2.07. The van der Waals surface area contributed by atoms with E-state index in [1.165, 1.54) is 24.3 Å². The average Bonchev–Trinajstić information content (AvgIpc) is 2.87. The highest BCUT2D eigenvalue weighted by Gasteiger charge is 1.99. The Kier molecular flexibility index (Phi) is 12.7. The summed E-state index contributed by atoms with van der Waals surface area (Å²) in [5.41, 5.74) is 9.19. The van der Waals surface area contributed by atoms with E-state index in [4.69, 9.17) is 10.9 Å². The van der Waals surface area contributed by atoms with Gasteiger partial charge in [0.1, 0.15) is 0 Å². The number of non-ortho nitro benzene ring substituents is 2. The SMILES string of the molecule is Nc1ccccc1.O=[N+]([O-])c1ccccc1.O=[N+]([O-])c1ccccc1.ONc1ccccc1. The molecule has 0 aliphatic heterocycles. The minimum Gasteiger partial charge on any atom is -0.399 e. The number of hydrogen-bond acceptors (Lipinski definition) is 7. The minimum atomic E-state index is -0.417. The number of nitro benzene ring substituents is 2. The number of hydrogen-bond donors (Lipinski definition) is 3. The van der Waals surface area contributed by atoms with E-state index < -0.39 is 9.85 Å². The summed E-state index contributed by atoms with van der Waals surface area (Å²) < 4.78 is 0. The highest BCUT2D eigenvalue weighted by molar-refractivity contribution is 5.39. The predicted octanol–water partition coefficient (Wildman–Crippen LogP) is 5.95. The molecule has 4 aromatic carbocycles. The van der Waals surface area contributed by atoms with Crippen LogP contribution < -0.4 is 11.2 Å². The third kappa shape index (κ3) is 12.5. The summed E-state index contributed by atoms with van der Waals surface area (Å²) in [6.45, 7) is 0. The van der Waals surface area contributed by atoms with Gasteiger partial charge >= 0.3 is 0 Å². The summed E-state index contributed by atoms with van der Waals surface area (Å²) in [7, 11) is 0. The molecule has 4 rings (SSSR count). The maximum Gasteiger partial charge on any atom is 0.269 e. The maximum absolute atomic E-state index is 10.0. The van der Waals surface area contributed by atoms with Crippen LogP contribution in [0.4, 0.5) is 22.7 Å². The highest BCUT2D eigenvalue weighted by atomic mass is 16.6. The first kappa shape index (κ1) is 26.3. The van der Waals surface area contributed by atoms with Gasteiger partial charge in [0.2, 0.25) is 0 Å². The predicted molar refractivity (Wildman–Crippen MR) is 129 cm³/mol. The Morgan fingerprint density at radius 1 is 0.576 bits per heavy atom. The van der Waals surface area contributed by atoms with Crippen LogP contribution in [0.1, 0.15) is 0 Å². The van der Waals surface area contributed by atoms with Crippen LogP contribution in [0.5, 0.6) is 0 Å². The number of anilines is 2. The number of nitrogen functional groups attached to an aromatic ring is 1. The van der Waals surface area contributed by atoms with Crippen molar-refractivity contribution in [3.63, 3.8) is 0 Å². The van der Waals surface area contributed by atoms with Crippen LogP contribution in [0.15, 0.2) is 121 Å². The number of rotatable bonds is 3. The fourth-order valence-corrected chi connectivity index (χ4v) is 2.07. The Morgan fingerprint density at radius 3 is 1.06 bits per heavy atom. The molecule has 9 nitrogen and oxygen atoms in total. The number of benzene rings is 4. The first-order chi connectivity index (χ1) is 15.9. The quantitative estimate of drug-likeness (QED) is 0.199. The molecule has 0 atom stereocenters. The first-order valence-corrected chi connectivity index (χ1v) is 9.58. The Morgan fingerprint density at radius 2 is 0.879 bits per heavy atom. The molecule has 0 spiro atoms. The molecule has 0 aliphatic carbocycles. The van der Waals surface area contributed by atoms with Crippen LogP contribution in [0.3, 0.4) is 0 Å². The topological polar surface area (TPSA) is 145 Å². The van der Waals surface area contributed by atoms with Gasteiger partial charge in [0.05, 0.1) is 15.5 Å². The van der Waals surface area contributed by atoms with Crippen molar-refractivity contribution in [1.29, 1.82) is 0 Å². The Bertz CT molecular complexity index is 1000. The summed E-state index contributed by atoms with van der Waals surface area (Å²) in [5.74, 6) is 0. The van der Waals surface area contributed by atoms with E-state index in [2.05, 4.69) is 0 Å². The summed E-state index contributed by atoms with van der Waals surface area (Å²) in [6, 6.07) is 34.5. The molecule has 4 aromatic rings. The monoisotopic (exact) mass is 448 g/mol. The van der Waals surface area contributed by atoms with Gasteiger partial charge in [0.25, 0.3) is 11.4 Å². The molecule has 0 amide bonds. The molecule has 33 heavy (non-hydrogen) atoms. The average molecular weight is 448 g/mol. The van der Waals surface area contributed by atoms with Crippen molar-refractivity contribution in [2.75, 3.05) is 11.2 Å². The second kappa shape index (κ2) is 16.0. The molecule has 9 heteroatoms. The molecule has 0 heterocycles. The van der Waals surface area contributed by atoms with Gasteiger partial charge in [-0.15, -0.1) is 0 Å². The van der Waals surface area contributed by atoms with Gasteiger partial charge in [-0.05, 0) is 24.3 Å². The lowest BCUT2D eigenvalue weighted by atomic mass is 10.3. The van der Waals surface area contributed by atoms with Gasteiger partial charge in [0, 0.05) is 30.0 Å². The molecule has 0 aromatic heterocycles. The molecule has 0 radical (unpaired) electrons. The summed E-state index contributed by atoms with van der Waals surface area (Å²) in [5, 5.41) is 28.3. The lowest BCUT2D eigenvalue weighted by Gasteiger charge is -1.92. The maximum atomic E-state index is 10.0. The van der Waals surface area contributed by atoms with Crippen molar-refractivity contribution in [3.05, 3.63) is 142 Å². The number of nitro groups is 2.